The summed E-state index contributed by atoms with van der Waals surface area (Å²) in [5.74, 6) is 1.17. The van der Waals surface area contributed by atoms with Gasteiger partial charge in [0.2, 0.25) is 10.0 Å². The van der Waals surface area contributed by atoms with E-state index in [1.165, 1.54) is 7.05 Å². The van der Waals surface area contributed by atoms with Gasteiger partial charge in [-0.15, -0.1) is 0 Å². The minimum atomic E-state index is -3.32. The Bertz CT molecular complexity index is 1280. The van der Waals surface area contributed by atoms with Crippen LogP contribution in [0.5, 0.6) is 11.5 Å². The molecule has 0 saturated heterocycles. The number of benzene rings is 2. The largest absolute Gasteiger partial charge is 0.486 e. The van der Waals surface area contributed by atoms with Crippen LogP contribution in [0.25, 0.3) is 5.69 Å². The molecule has 33 heavy (non-hydrogen) atoms. The molecule has 174 valence electrons. The van der Waals surface area contributed by atoms with Crippen LogP contribution in [0.2, 0.25) is 0 Å². The van der Waals surface area contributed by atoms with Crippen molar-refractivity contribution in [1.82, 2.24) is 14.6 Å². The Kier molecular flexibility index (Phi) is 6.44. The first-order chi connectivity index (χ1) is 15.8. The van der Waals surface area contributed by atoms with Crippen molar-refractivity contribution in [1.29, 1.82) is 0 Å². The van der Waals surface area contributed by atoms with E-state index in [-0.39, 0.29) is 11.7 Å². The molecule has 3 aromatic rings. The van der Waals surface area contributed by atoms with E-state index in [1.807, 2.05) is 54.8 Å². The number of hydrogen-bond acceptors (Lipinski definition) is 5. The van der Waals surface area contributed by atoms with Gasteiger partial charge in [-0.2, -0.15) is 0 Å². The minimum absolute atomic E-state index is 0.0814. The molecule has 0 aliphatic carbocycles. The smallest absolute Gasteiger partial charge is 0.253 e. The Hall–Kier alpha value is -3.30. The van der Waals surface area contributed by atoms with Crippen LogP contribution in [0.15, 0.2) is 48.5 Å². The summed E-state index contributed by atoms with van der Waals surface area (Å²) in [4.78, 5) is 12.9. The SMILES string of the molecule is CNS(=O)(=O)Cc1ccc(CNC(=O)c2cc(C)n(-c3ccc4c(c3)OCCO4)c2C)cc1. The zero-order chi connectivity index (χ0) is 23.6. The van der Waals surface area contributed by atoms with Crippen LogP contribution in [-0.2, 0) is 22.3 Å². The second-order valence-electron chi connectivity index (χ2n) is 7.91. The lowest BCUT2D eigenvalue weighted by Crippen LogP contribution is -2.23. The molecule has 0 saturated carbocycles. The van der Waals surface area contributed by atoms with Crippen molar-refractivity contribution in [3.8, 4) is 17.2 Å². The van der Waals surface area contributed by atoms with Crippen molar-refractivity contribution in [3.63, 3.8) is 0 Å². The fourth-order valence-electron chi connectivity index (χ4n) is 3.88. The number of hydrogen-bond donors (Lipinski definition) is 2. The van der Waals surface area contributed by atoms with Gasteiger partial charge >= 0.3 is 0 Å². The van der Waals surface area contributed by atoms with Crippen LogP contribution in [-0.4, -0.2) is 39.2 Å². The highest BCUT2D eigenvalue weighted by atomic mass is 32.2. The zero-order valence-electron chi connectivity index (χ0n) is 18.8. The number of nitrogens with one attached hydrogen (secondary N) is 2. The summed E-state index contributed by atoms with van der Waals surface area (Å²) in [5, 5.41) is 2.95. The predicted molar refractivity (Wildman–Crippen MR) is 126 cm³/mol. The van der Waals surface area contributed by atoms with E-state index in [4.69, 9.17) is 9.47 Å². The average molecular weight is 470 g/mol. The first-order valence-corrected chi connectivity index (χ1v) is 12.3. The van der Waals surface area contributed by atoms with Gasteiger partial charge in [-0.25, -0.2) is 13.1 Å². The molecule has 0 atom stereocenters. The molecule has 1 aliphatic rings. The normalized spacial score (nSPS) is 13.1. The summed E-state index contributed by atoms with van der Waals surface area (Å²) in [5.41, 5.74) is 4.83. The molecule has 0 fully saturated rings. The molecule has 8 nitrogen and oxygen atoms in total. The van der Waals surface area contributed by atoms with E-state index in [0.29, 0.717) is 36.6 Å². The lowest BCUT2D eigenvalue weighted by molar-refractivity contribution is 0.0950. The Morgan fingerprint density at radius 1 is 0.970 bits per heavy atom. The number of fused-ring (bicyclic) bond motifs is 1. The lowest BCUT2D eigenvalue weighted by atomic mass is 10.1. The van der Waals surface area contributed by atoms with Gasteiger partial charge in [0.05, 0.1) is 11.3 Å². The van der Waals surface area contributed by atoms with Crippen LogP contribution in [0.4, 0.5) is 0 Å². The molecule has 1 aliphatic heterocycles. The highest BCUT2D eigenvalue weighted by Crippen LogP contribution is 2.33. The van der Waals surface area contributed by atoms with E-state index in [0.717, 1.165) is 28.4 Å². The van der Waals surface area contributed by atoms with Crippen LogP contribution >= 0.6 is 0 Å². The number of rotatable bonds is 7. The topological polar surface area (TPSA) is 98.7 Å². The number of aryl methyl sites for hydroxylation is 1. The van der Waals surface area contributed by atoms with Gasteiger partial charge in [0.1, 0.15) is 13.2 Å². The van der Waals surface area contributed by atoms with Gasteiger partial charge in [0.25, 0.3) is 5.91 Å². The third kappa shape index (κ3) is 5.04. The van der Waals surface area contributed by atoms with Gasteiger partial charge in [0, 0.05) is 29.7 Å². The minimum Gasteiger partial charge on any atom is -0.486 e. The lowest BCUT2D eigenvalue weighted by Gasteiger charge is -2.20. The number of carbonyl (C=O) groups excluding carboxylic acids is 1. The van der Waals surface area contributed by atoms with Crippen LogP contribution in [0.3, 0.4) is 0 Å². The molecule has 0 radical (unpaired) electrons. The first kappa shape index (κ1) is 22.9. The van der Waals surface area contributed by atoms with Crippen molar-refractivity contribution in [2.75, 3.05) is 20.3 Å². The fraction of sp³-hybridized carbons (Fsp3) is 0.292. The van der Waals surface area contributed by atoms with Gasteiger partial charge in [-0.05, 0) is 50.2 Å². The Morgan fingerprint density at radius 2 is 1.64 bits per heavy atom. The summed E-state index contributed by atoms with van der Waals surface area (Å²) in [7, 11) is -1.93. The third-order valence-electron chi connectivity index (χ3n) is 5.60. The number of ether oxygens (including phenoxy) is 2. The Labute approximate surface area is 193 Å². The van der Waals surface area contributed by atoms with Crippen LogP contribution in [0.1, 0.15) is 32.9 Å². The third-order valence-corrected chi connectivity index (χ3v) is 6.94. The molecular weight excluding hydrogens is 442 g/mol. The Morgan fingerprint density at radius 3 is 2.33 bits per heavy atom. The van der Waals surface area contributed by atoms with E-state index in [1.54, 1.807) is 12.1 Å². The second-order valence-corrected chi connectivity index (χ2v) is 9.84. The maximum Gasteiger partial charge on any atom is 0.253 e. The van der Waals surface area contributed by atoms with Crippen molar-refractivity contribution < 1.29 is 22.7 Å². The monoisotopic (exact) mass is 469 g/mol. The number of amides is 1. The summed E-state index contributed by atoms with van der Waals surface area (Å²) >= 11 is 0. The van der Waals surface area contributed by atoms with Crippen molar-refractivity contribution in [2.45, 2.75) is 26.1 Å². The van der Waals surface area contributed by atoms with Crippen LogP contribution in [0, 0.1) is 13.8 Å². The summed E-state index contributed by atoms with van der Waals surface area (Å²) in [6.45, 7) is 5.26. The number of aromatic nitrogens is 1. The molecule has 0 spiro atoms. The second kappa shape index (κ2) is 9.29. The molecule has 2 heterocycles. The molecule has 1 aromatic heterocycles. The molecule has 9 heteroatoms. The number of carbonyl (C=O) groups is 1. The molecule has 0 unspecified atom stereocenters. The fourth-order valence-corrected chi connectivity index (χ4v) is 4.66. The van der Waals surface area contributed by atoms with E-state index in [9.17, 15) is 13.2 Å². The highest BCUT2D eigenvalue weighted by molar-refractivity contribution is 7.88. The quantitative estimate of drug-likeness (QED) is 0.555. The van der Waals surface area contributed by atoms with Crippen molar-refractivity contribution in [3.05, 3.63) is 76.6 Å². The molecular formula is C24H27N3O5S. The molecule has 1 amide bonds. The molecule has 0 bridgehead atoms. The predicted octanol–water partition coefficient (Wildman–Crippen LogP) is 2.84. The number of nitrogens with zero attached hydrogens (tertiary/aromatic N) is 1. The van der Waals surface area contributed by atoms with Gasteiger partial charge in [-0.3, -0.25) is 4.79 Å². The van der Waals surface area contributed by atoms with E-state index < -0.39 is 10.0 Å². The van der Waals surface area contributed by atoms with Gasteiger partial charge < -0.3 is 19.4 Å². The average Bonchev–Trinajstić information content (AvgIpc) is 3.11. The molecule has 2 N–H and O–H groups in total. The standard InChI is InChI=1S/C24H27N3O5S/c1-16-12-21(17(2)27(16)20-8-9-22-23(13-20)32-11-10-31-22)24(28)26-14-18-4-6-19(7-5-18)15-33(29,30)25-3/h4-9,12-13,25H,10-11,14-15H2,1-3H3,(H,26,28). The van der Waals surface area contributed by atoms with Crippen molar-refractivity contribution in [2.24, 2.45) is 0 Å². The summed E-state index contributed by atoms with van der Waals surface area (Å²) in [6.07, 6.45) is 0. The summed E-state index contributed by atoms with van der Waals surface area (Å²) in [6, 6.07) is 14.8. The first-order valence-electron chi connectivity index (χ1n) is 10.6. The van der Waals surface area contributed by atoms with E-state index >= 15 is 0 Å². The number of sulfonamides is 1. The van der Waals surface area contributed by atoms with Gasteiger partial charge in [0.15, 0.2) is 11.5 Å². The molecule has 4 rings (SSSR count). The van der Waals surface area contributed by atoms with Gasteiger partial charge in [-0.1, -0.05) is 24.3 Å². The maximum absolute atomic E-state index is 12.9. The van der Waals surface area contributed by atoms with Crippen LogP contribution < -0.4 is 19.5 Å². The van der Waals surface area contributed by atoms with E-state index in [2.05, 4.69) is 10.0 Å². The molecule has 2 aromatic carbocycles. The highest BCUT2D eigenvalue weighted by Gasteiger charge is 2.19. The Balaban J connectivity index is 1.46. The van der Waals surface area contributed by atoms with Crippen molar-refractivity contribution >= 4 is 15.9 Å². The summed E-state index contributed by atoms with van der Waals surface area (Å²) < 4.78 is 39.0. The maximum atomic E-state index is 12.9. The zero-order valence-corrected chi connectivity index (χ0v) is 19.7.